The Hall–Kier alpha value is -0.810. The van der Waals surface area contributed by atoms with Gasteiger partial charge in [0.05, 0.1) is 31.0 Å². The Labute approximate surface area is 228 Å². The molecule has 3 aliphatic rings. The van der Waals surface area contributed by atoms with Gasteiger partial charge in [-0.1, -0.05) is 34.1 Å². The lowest BCUT2D eigenvalue weighted by Crippen LogP contribution is -2.67. The van der Waals surface area contributed by atoms with Crippen LogP contribution in [0.4, 0.5) is 0 Å². The number of rotatable bonds is 7. The third kappa shape index (κ3) is 6.24. The molecule has 9 heteroatoms. The molecule has 2 saturated heterocycles. The van der Waals surface area contributed by atoms with E-state index in [0.29, 0.717) is 5.92 Å². The highest BCUT2D eigenvalue weighted by Gasteiger charge is 2.60. The van der Waals surface area contributed by atoms with Crippen LogP contribution >= 0.6 is 0 Å². The first-order chi connectivity index (χ1) is 17.7. The molecule has 0 bridgehead atoms. The second-order valence-corrected chi connectivity index (χ2v) is 13.1. The number of carbonyl (C=O) groups is 1. The number of carbonyl (C=O) groups excluding carboxylic acids is 1. The maximum atomic E-state index is 13.2. The number of aliphatic hydroxyl groups excluding tert-OH is 4. The summed E-state index contributed by atoms with van der Waals surface area (Å²) >= 11 is 0. The van der Waals surface area contributed by atoms with Crippen molar-refractivity contribution in [3.63, 3.8) is 0 Å². The van der Waals surface area contributed by atoms with Crippen molar-refractivity contribution in [2.45, 2.75) is 142 Å². The summed E-state index contributed by atoms with van der Waals surface area (Å²) in [5, 5.41) is 44.1. The van der Waals surface area contributed by atoms with Crippen LogP contribution in [0.2, 0.25) is 0 Å². The maximum Gasteiger partial charge on any atom is 0.317 e. The van der Waals surface area contributed by atoms with Crippen LogP contribution in [0.1, 0.15) is 87.5 Å². The maximum absolute atomic E-state index is 13.2. The Bertz CT molecular complexity index is 785. The minimum Gasteiger partial charge on any atom is -0.459 e. The topological polar surface area (TPSA) is 135 Å². The zero-order valence-corrected chi connectivity index (χ0v) is 24.5. The molecule has 0 amide bonds. The van der Waals surface area contributed by atoms with Gasteiger partial charge in [-0.15, -0.1) is 0 Å². The van der Waals surface area contributed by atoms with Gasteiger partial charge in [-0.2, -0.15) is 0 Å². The van der Waals surface area contributed by atoms with Crippen molar-refractivity contribution in [2.75, 3.05) is 6.61 Å². The average molecular weight is 545 g/mol. The van der Waals surface area contributed by atoms with Crippen LogP contribution in [-0.4, -0.2) is 87.6 Å². The molecule has 0 spiro atoms. The zero-order chi connectivity index (χ0) is 28.6. The molecule has 13 unspecified atom stereocenters. The third-order valence-electron chi connectivity index (χ3n) is 9.20. The number of hydrogen-bond acceptors (Lipinski definition) is 9. The fraction of sp³-hybridized carbons (Fsp3) is 0.966. The van der Waals surface area contributed by atoms with Gasteiger partial charge in [0.1, 0.15) is 29.3 Å². The highest BCUT2D eigenvalue weighted by Crippen LogP contribution is 2.46. The molecule has 9 nitrogen and oxygen atoms in total. The van der Waals surface area contributed by atoms with Crippen LogP contribution in [0.25, 0.3) is 0 Å². The quantitative estimate of drug-likeness (QED) is 0.357. The molecule has 2 aliphatic heterocycles. The van der Waals surface area contributed by atoms with Gasteiger partial charge in [-0.05, 0) is 71.1 Å². The van der Waals surface area contributed by atoms with E-state index in [1.807, 2.05) is 6.92 Å². The van der Waals surface area contributed by atoms with Gasteiger partial charge >= 0.3 is 5.97 Å². The molecule has 0 aromatic rings. The first-order valence-electron chi connectivity index (χ1n) is 14.5. The Morgan fingerprint density at radius 3 is 2.21 bits per heavy atom. The summed E-state index contributed by atoms with van der Waals surface area (Å²) in [5.41, 5.74) is -2.67. The van der Waals surface area contributed by atoms with E-state index in [1.165, 1.54) is 6.92 Å². The van der Waals surface area contributed by atoms with Crippen LogP contribution in [-0.2, 0) is 23.7 Å². The van der Waals surface area contributed by atoms with Crippen molar-refractivity contribution in [1.29, 1.82) is 0 Å². The van der Waals surface area contributed by atoms with Gasteiger partial charge in [-0.3, -0.25) is 4.79 Å². The Balaban J connectivity index is 1.89. The standard InChI is InChI=1S/C29H52O9/c1-9-17-13-16(4)20(22-15(3)11-12-18(10-2)35-22)21(31)23(17)37-26-25(33)29(8,24(32)19(14-30)36-26)27(34)38-28(5,6)7/h15-26,30-33H,9-14H2,1-8H3. The average Bonchev–Trinajstić information content (AvgIpc) is 2.85. The first-order valence-corrected chi connectivity index (χ1v) is 14.5. The van der Waals surface area contributed by atoms with Crippen LogP contribution in [0.3, 0.4) is 0 Å². The van der Waals surface area contributed by atoms with Crippen LogP contribution in [0.5, 0.6) is 0 Å². The largest absolute Gasteiger partial charge is 0.459 e. The Morgan fingerprint density at radius 2 is 1.66 bits per heavy atom. The summed E-state index contributed by atoms with van der Waals surface area (Å²) in [4.78, 5) is 13.2. The van der Waals surface area contributed by atoms with Crippen molar-refractivity contribution >= 4 is 5.97 Å². The fourth-order valence-electron chi connectivity index (χ4n) is 6.72. The molecule has 0 radical (unpaired) electrons. The van der Waals surface area contributed by atoms with E-state index in [-0.39, 0.29) is 30.0 Å². The van der Waals surface area contributed by atoms with Crippen LogP contribution in [0, 0.1) is 29.1 Å². The minimum absolute atomic E-state index is 0.0138. The van der Waals surface area contributed by atoms with Crippen molar-refractivity contribution in [3.05, 3.63) is 0 Å². The molecule has 2 heterocycles. The van der Waals surface area contributed by atoms with Gasteiger partial charge in [0, 0.05) is 5.92 Å². The molecule has 0 aromatic carbocycles. The number of ether oxygens (including phenoxy) is 4. The van der Waals surface area contributed by atoms with Gasteiger partial charge < -0.3 is 39.4 Å². The van der Waals surface area contributed by atoms with E-state index >= 15 is 0 Å². The monoisotopic (exact) mass is 544 g/mol. The Morgan fingerprint density at radius 1 is 1.00 bits per heavy atom. The lowest BCUT2D eigenvalue weighted by molar-refractivity contribution is -0.337. The minimum atomic E-state index is -1.81. The molecular weight excluding hydrogens is 492 g/mol. The molecule has 38 heavy (non-hydrogen) atoms. The van der Waals surface area contributed by atoms with Gasteiger partial charge in [0.25, 0.3) is 0 Å². The van der Waals surface area contributed by atoms with Gasteiger partial charge in [0.15, 0.2) is 6.29 Å². The summed E-state index contributed by atoms with van der Waals surface area (Å²) in [6, 6.07) is 0. The lowest BCUT2D eigenvalue weighted by atomic mass is 9.65. The van der Waals surface area contributed by atoms with Crippen molar-refractivity contribution in [3.8, 4) is 0 Å². The van der Waals surface area contributed by atoms with E-state index in [2.05, 4.69) is 20.8 Å². The van der Waals surface area contributed by atoms with E-state index in [4.69, 9.17) is 18.9 Å². The lowest BCUT2D eigenvalue weighted by Gasteiger charge is -2.52. The summed E-state index contributed by atoms with van der Waals surface area (Å²) in [6.45, 7) is 14.4. The van der Waals surface area contributed by atoms with Crippen molar-refractivity contribution in [1.82, 2.24) is 0 Å². The van der Waals surface area contributed by atoms with E-state index in [9.17, 15) is 25.2 Å². The summed E-state index contributed by atoms with van der Waals surface area (Å²) in [7, 11) is 0. The van der Waals surface area contributed by atoms with Crippen molar-refractivity contribution < 1.29 is 44.2 Å². The van der Waals surface area contributed by atoms with Crippen molar-refractivity contribution in [2.24, 2.45) is 29.1 Å². The van der Waals surface area contributed by atoms with E-state index in [1.54, 1.807) is 20.8 Å². The predicted octanol–water partition coefficient (Wildman–Crippen LogP) is 2.80. The Kier molecular flexibility index (Phi) is 10.3. The number of hydrogen-bond donors (Lipinski definition) is 4. The number of aliphatic hydroxyl groups is 4. The summed E-state index contributed by atoms with van der Waals surface area (Å²) in [6.07, 6.45) is -2.62. The van der Waals surface area contributed by atoms with Crippen LogP contribution in [0.15, 0.2) is 0 Å². The molecule has 4 N–H and O–H groups in total. The second kappa shape index (κ2) is 12.4. The molecule has 1 saturated carbocycles. The smallest absolute Gasteiger partial charge is 0.317 e. The predicted molar refractivity (Wildman–Crippen MR) is 141 cm³/mol. The molecule has 3 fully saturated rings. The van der Waals surface area contributed by atoms with Gasteiger partial charge in [-0.25, -0.2) is 0 Å². The highest BCUT2D eigenvalue weighted by atomic mass is 16.7. The fourth-order valence-corrected chi connectivity index (χ4v) is 6.72. The molecule has 3 rings (SSSR count). The highest BCUT2D eigenvalue weighted by molar-refractivity contribution is 5.78. The molecular formula is C29H52O9. The van der Waals surface area contributed by atoms with E-state index in [0.717, 1.165) is 32.1 Å². The summed E-state index contributed by atoms with van der Waals surface area (Å²) in [5.74, 6) is -0.490. The molecule has 1 aliphatic carbocycles. The first kappa shape index (κ1) is 31.7. The summed E-state index contributed by atoms with van der Waals surface area (Å²) < 4.78 is 24.2. The normalized spacial score (nSPS) is 46.5. The zero-order valence-electron chi connectivity index (χ0n) is 24.5. The third-order valence-corrected chi connectivity index (χ3v) is 9.20. The molecule has 13 atom stereocenters. The number of esters is 1. The van der Waals surface area contributed by atoms with E-state index < -0.39 is 60.4 Å². The second-order valence-electron chi connectivity index (χ2n) is 13.1. The van der Waals surface area contributed by atoms with Gasteiger partial charge in [0.2, 0.25) is 0 Å². The molecule has 0 aromatic heterocycles. The SMILES string of the molecule is CCC1CCC(C)C(C2C(C)CC(CC)C(OC3OC(CO)C(O)C(C)(C(=O)OC(C)(C)C)C3O)C2O)O1. The molecule has 222 valence electrons. The van der Waals surface area contributed by atoms with Crippen LogP contribution < -0.4 is 0 Å².